The minimum absolute atomic E-state index is 0.0694. The molecule has 0 bridgehead atoms. The van der Waals surface area contributed by atoms with Gasteiger partial charge in [-0.3, -0.25) is 14.5 Å². The molecule has 1 aliphatic heterocycles. The average Bonchev–Trinajstić information content (AvgIpc) is 3.39. The molecule has 1 saturated heterocycles. The maximum absolute atomic E-state index is 12.9. The molecule has 1 fully saturated rings. The molecular formula is C31H27N5O3. The van der Waals surface area contributed by atoms with Crippen molar-refractivity contribution in [1.82, 2.24) is 10.2 Å². The zero-order valence-corrected chi connectivity index (χ0v) is 21.3. The van der Waals surface area contributed by atoms with Gasteiger partial charge in [-0.15, -0.1) is 0 Å². The Morgan fingerprint density at radius 1 is 0.872 bits per heavy atom. The number of benzene rings is 3. The van der Waals surface area contributed by atoms with Crippen molar-refractivity contribution >= 4 is 28.5 Å². The fourth-order valence-corrected chi connectivity index (χ4v) is 4.76. The van der Waals surface area contributed by atoms with Crippen molar-refractivity contribution in [2.24, 2.45) is 0 Å². The second-order valence-electron chi connectivity index (χ2n) is 9.73. The molecule has 0 aliphatic carbocycles. The quantitative estimate of drug-likeness (QED) is 0.365. The number of piperidine rings is 1. The van der Waals surface area contributed by atoms with Crippen LogP contribution in [-0.2, 0) is 17.8 Å². The lowest BCUT2D eigenvalue weighted by molar-refractivity contribution is -0.115. The van der Waals surface area contributed by atoms with Gasteiger partial charge in [0.05, 0.1) is 29.7 Å². The largest absolute Gasteiger partial charge is 0.451 e. The van der Waals surface area contributed by atoms with Crippen LogP contribution in [0.4, 0.5) is 5.69 Å². The fourth-order valence-electron chi connectivity index (χ4n) is 4.76. The van der Waals surface area contributed by atoms with Gasteiger partial charge in [0.2, 0.25) is 5.91 Å². The average molecular weight is 518 g/mol. The van der Waals surface area contributed by atoms with Gasteiger partial charge in [-0.05, 0) is 72.5 Å². The summed E-state index contributed by atoms with van der Waals surface area (Å²) in [7, 11) is 0. The summed E-state index contributed by atoms with van der Waals surface area (Å²) >= 11 is 0. The Morgan fingerprint density at radius 2 is 1.51 bits per heavy atom. The first-order valence-corrected chi connectivity index (χ1v) is 12.8. The molecular weight excluding hydrogens is 490 g/mol. The van der Waals surface area contributed by atoms with Crippen LogP contribution in [0.1, 0.15) is 45.7 Å². The van der Waals surface area contributed by atoms with Crippen LogP contribution in [0.25, 0.3) is 11.0 Å². The van der Waals surface area contributed by atoms with Gasteiger partial charge in [0, 0.05) is 36.7 Å². The number of nitriles is 2. The van der Waals surface area contributed by atoms with Crippen LogP contribution < -0.4 is 10.6 Å². The van der Waals surface area contributed by atoms with Crippen molar-refractivity contribution in [3.8, 4) is 12.1 Å². The number of anilines is 1. The third-order valence-electron chi connectivity index (χ3n) is 6.88. The Balaban J connectivity index is 1.13. The molecule has 2 N–H and O–H groups in total. The van der Waals surface area contributed by atoms with Crippen molar-refractivity contribution in [3.05, 3.63) is 101 Å². The number of rotatable bonds is 7. The molecule has 3 aromatic carbocycles. The summed E-state index contributed by atoms with van der Waals surface area (Å²) < 4.78 is 5.78. The normalized spacial score (nSPS) is 13.9. The number of hydrogen-bond acceptors (Lipinski definition) is 6. The summed E-state index contributed by atoms with van der Waals surface area (Å²) in [5.41, 5.74) is 4.38. The molecule has 0 radical (unpaired) electrons. The smallest absolute Gasteiger partial charge is 0.287 e. The lowest BCUT2D eigenvalue weighted by atomic mass is 10.0. The van der Waals surface area contributed by atoms with E-state index in [4.69, 9.17) is 14.9 Å². The summed E-state index contributed by atoms with van der Waals surface area (Å²) in [5, 5.41) is 24.6. The molecule has 194 valence electrons. The first kappa shape index (κ1) is 25.7. The highest BCUT2D eigenvalue weighted by Crippen LogP contribution is 2.24. The van der Waals surface area contributed by atoms with Gasteiger partial charge in [-0.25, -0.2) is 0 Å². The third kappa shape index (κ3) is 6.51. The minimum Gasteiger partial charge on any atom is -0.451 e. The van der Waals surface area contributed by atoms with Gasteiger partial charge in [0.15, 0.2) is 5.76 Å². The van der Waals surface area contributed by atoms with Gasteiger partial charge in [-0.1, -0.05) is 24.3 Å². The second-order valence-corrected chi connectivity index (χ2v) is 9.73. The lowest BCUT2D eigenvalue weighted by Crippen LogP contribution is -2.44. The Hall–Kier alpha value is -4.92. The predicted molar refractivity (Wildman–Crippen MR) is 147 cm³/mol. The highest BCUT2D eigenvalue weighted by atomic mass is 16.3. The SMILES string of the molecule is N#Cc1ccc(CC(=O)Nc2ccc3oc(C(=O)NC4CCN(Cc5ccc(C#N)cc5)CC4)cc3c2)cc1. The van der Waals surface area contributed by atoms with Crippen LogP contribution in [-0.4, -0.2) is 35.8 Å². The summed E-state index contributed by atoms with van der Waals surface area (Å²) in [4.78, 5) is 27.7. The molecule has 4 aromatic rings. The molecule has 1 aliphatic rings. The van der Waals surface area contributed by atoms with Crippen molar-refractivity contribution < 1.29 is 14.0 Å². The number of amides is 2. The van der Waals surface area contributed by atoms with Crippen LogP contribution in [0.5, 0.6) is 0 Å². The highest BCUT2D eigenvalue weighted by Gasteiger charge is 2.23. The maximum atomic E-state index is 12.9. The van der Waals surface area contributed by atoms with Crippen LogP contribution in [0.15, 0.2) is 77.2 Å². The second kappa shape index (κ2) is 11.6. The monoisotopic (exact) mass is 517 g/mol. The van der Waals surface area contributed by atoms with E-state index in [0.717, 1.165) is 43.4 Å². The van der Waals surface area contributed by atoms with Crippen LogP contribution >= 0.6 is 0 Å². The van der Waals surface area contributed by atoms with Crippen LogP contribution in [0.3, 0.4) is 0 Å². The van der Waals surface area contributed by atoms with Gasteiger partial charge in [0.1, 0.15) is 5.58 Å². The molecule has 0 spiro atoms. The Morgan fingerprint density at radius 3 is 2.15 bits per heavy atom. The predicted octanol–water partition coefficient (Wildman–Crippen LogP) is 4.75. The molecule has 0 saturated carbocycles. The first-order valence-electron chi connectivity index (χ1n) is 12.8. The molecule has 8 heteroatoms. The number of fused-ring (bicyclic) bond motifs is 1. The zero-order chi connectivity index (χ0) is 27.2. The van der Waals surface area contributed by atoms with E-state index in [1.807, 2.05) is 24.3 Å². The van der Waals surface area contributed by atoms with Crippen molar-refractivity contribution in [2.45, 2.75) is 31.8 Å². The zero-order valence-electron chi connectivity index (χ0n) is 21.3. The number of nitrogens with one attached hydrogen (secondary N) is 2. The van der Waals surface area contributed by atoms with E-state index >= 15 is 0 Å². The van der Waals surface area contributed by atoms with Gasteiger partial charge >= 0.3 is 0 Å². The lowest BCUT2D eigenvalue weighted by Gasteiger charge is -2.32. The molecule has 2 heterocycles. The highest BCUT2D eigenvalue weighted by molar-refractivity contribution is 5.98. The summed E-state index contributed by atoms with van der Waals surface area (Å²) in [6, 6.07) is 25.8. The summed E-state index contributed by atoms with van der Waals surface area (Å²) in [6.45, 7) is 2.56. The molecule has 8 nitrogen and oxygen atoms in total. The summed E-state index contributed by atoms with van der Waals surface area (Å²) in [5.74, 6) is -0.180. The van der Waals surface area contributed by atoms with E-state index in [-0.39, 0.29) is 30.0 Å². The molecule has 0 atom stereocenters. The fraction of sp³-hybridized carbons (Fsp3) is 0.226. The number of carbonyl (C=O) groups excluding carboxylic acids is 2. The van der Waals surface area contributed by atoms with Crippen molar-refractivity contribution in [1.29, 1.82) is 10.5 Å². The van der Waals surface area contributed by atoms with E-state index in [9.17, 15) is 9.59 Å². The van der Waals surface area contributed by atoms with Gasteiger partial charge in [-0.2, -0.15) is 10.5 Å². The molecule has 39 heavy (non-hydrogen) atoms. The molecule has 5 rings (SSSR count). The molecule has 0 unspecified atom stereocenters. The topological polar surface area (TPSA) is 122 Å². The van der Waals surface area contributed by atoms with Crippen LogP contribution in [0.2, 0.25) is 0 Å². The minimum atomic E-state index is -0.247. The molecule has 2 amide bonds. The van der Waals surface area contributed by atoms with E-state index in [2.05, 4.69) is 27.7 Å². The maximum Gasteiger partial charge on any atom is 0.287 e. The van der Waals surface area contributed by atoms with Gasteiger partial charge in [0.25, 0.3) is 5.91 Å². The van der Waals surface area contributed by atoms with E-state index in [0.29, 0.717) is 22.4 Å². The van der Waals surface area contributed by atoms with E-state index < -0.39 is 0 Å². The Kier molecular flexibility index (Phi) is 7.68. The van der Waals surface area contributed by atoms with E-state index in [1.165, 1.54) is 5.56 Å². The number of likely N-dealkylation sites (tertiary alicyclic amines) is 1. The number of carbonyl (C=O) groups is 2. The molecule has 1 aromatic heterocycles. The van der Waals surface area contributed by atoms with Crippen molar-refractivity contribution in [2.75, 3.05) is 18.4 Å². The number of nitrogens with zero attached hydrogens (tertiary/aromatic N) is 3. The standard InChI is InChI=1S/C31H27N5O3/c32-18-22-3-1-21(2-4-22)15-30(37)34-27-9-10-28-25(16-27)17-29(39-28)31(38)35-26-11-13-36(14-12-26)20-24-7-5-23(19-33)6-8-24/h1-10,16-17,26H,11-15,20H2,(H,34,37)(H,35,38). The van der Waals surface area contributed by atoms with Crippen LogP contribution in [0, 0.1) is 22.7 Å². The first-order chi connectivity index (χ1) is 19.0. The number of hydrogen-bond donors (Lipinski definition) is 2. The van der Waals surface area contributed by atoms with Crippen molar-refractivity contribution in [3.63, 3.8) is 0 Å². The Labute approximate surface area is 226 Å². The Bertz CT molecular complexity index is 1570. The van der Waals surface area contributed by atoms with E-state index in [1.54, 1.807) is 48.5 Å². The number of furan rings is 1. The summed E-state index contributed by atoms with van der Waals surface area (Å²) in [6.07, 6.45) is 1.88. The third-order valence-corrected chi connectivity index (χ3v) is 6.88. The van der Waals surface area contributed by atoms with Gasteiger partial charge < -0.3 is 15.1 Å².